The molecule has 2 aromatic heterocycles. The molecule has 1 aliphatic heterocycles. The summed E-state index contributed by atoms with van der Waals surface area (Å²) in [5.74, 6) is 1.56. The Morgan fingerprint density at radius 2 is 2.00 bits per heavy atom. The molecular formula is C20H21N3O3S. The molecule has 0 aliphatic carbocycles. The molecule has 0 bridgehead atoms. The van der Waals surface area contributed by atoms with E-state index < -0.39 is 0 Å². The molecule has 1 aliphatic rings. The van der Waals surface area contributed by atoms with E-state index in [1.807, 2.05) is 42.2 Å². The summed E-state index contributed by atoms with van der Waals surface area (Å²) in [7, 11) is 0. The number of piperazine rings is 1. The predicted molar refractivity (Wildman–Crippen MR) is 106 cm³/mol. The summed E-state index contributed by atoms with van der Waals surface area (Å²) in [5.41, 5.74) is 1.56. The number of rotatable bonds is 5. The van der Waals surface area contributed by atoms with Gasteiger partial charge in [0.1, 0.15) is 11.4 Å². The van der Waals surface area contributed by atoms with E-state index in [1.165, 1.54) is 11.3 Å². The average Bonchev–Trinajstić information content (AvgIpc) is 3.40. The van der Waals surface area contributed by atoms with Crippen LogP contribution in [0.5, 0.6) is 5.75 Å². The molecule has 7 heteroatoms. The van der Waals surface area contributed by atoms with Crippen LogP contribution in [0.15, 0.2) is 52.5 Å². The van der Waals surface area contributed by atoms with Gasteiger partial charge in [0.2, 0.25) is 0 Å². The van der Waals surface area contributed by atoms with Crippen LogP contribution in [0.1, 0.15) is 17.4 Å². The smallest absolute Gasteiger partial charge is 0.273 e. The zero-order chi connectivity index (χ0) is 18.6. The Morgan fingerprint density at radius 3 is 2.74 bits per heavy atom. The number of furan rings is 1. The van der Waals surface area contributed by atoms with Crippen molar-refractivity contribution < 1.29 is 13.9 Å². The Labute approximate surface area is 162 Å². The zero-order valence-corrected chi connectivity index (χ0v) is 15.9. The van der Waals surface area contributed by atoms with Gasteiger partial charge < -0.3 is 19.0 Å². The fourth-order valence-electron chi connectivity index (χ4n) is 3.19. The van der Waals surface area contributed by atoms with Gasteiger partial charge >= 0.3 is 0 Å². The van der Waals surface area contributed by atoms with E-state index in [4.69, 9.17) is 9.15 Å². The van der Waals surface area contributed by atoms with Crippen molar-refractivity contribution in [3.05, 3.63) is 53.7 Å². The van der Waals surface area contributed by atoms with Gasteiger partial charge in [-0.1, -0.05) is 12.1 Å². The van der Waals surface area contributed by atoms with Crippen LogP contribution >= 0.6 is 11.3 Å². The van der Waals surface area contributed by atoms with E-state index in [0.29, 0.717) is 31.2 Å². The number of para-hydroxylation sites is 2. The predicted octanol–water partition coefficient (Wildman–Crippen LogP) is 3.76. The van der Waals surface area contributed by atoms with Gasteiger partial charge in [-0.25, -0.2) is 4.98 Å². The molecule has 0 saturated carbocycles. The standard InChI is InChI=1S/C20H21N3O3S/c1-2-25-17-7-4-3-6-16(17)22-9-11-23(12-10-22)20(24)15-14-27-19(21-15)18-8-5-13-26-18/h3-8,13-14H,2,9-12H2,1H3. The van der Waals surface area contributed by atoms with Gasteiger partial charge in [0, 0.05) is 31.6 Å². The summed E-state index contributed by atoms with van der Waals surface area (Å²) in [6.07, 6.45) is 1.61. The number of amides is 1. The largest absolute Gasteiger partial charge is 0.492 e. The van der Waals surface area contributed by atoms with Crippen molar-refractivity contribution in [3.8, 4) is 16.5 Å². The second kappa shape index (κ2) is 7.84. The first-order valence-corrected chi connectivity index (χ1v) is 9.89. The lowest BCUT2D eigenvalue weighted by Crippen LogP contribution is -2.49. The highest BCUT2D eigenvalue weighted by atomic mass is 32.1. The Balaban J connectivity index is 1.41. The lowest BCUT2D eigenvalue weighted by molar-refractivity contribution is 0.0741. The maximum atomic E-state index is 12.8. The molecular weight excluding hydrogens is 362 g/mol. The van der Waals surface area contributed by atoms with Crippen LogP contribution in [-0.2, 0) is 0 Å². The second-order valence-corrected chi connectivity index (χ2v) is 7.05. The third-order valence-corrected chi connectivity index (χ3v) is 5.38. The van der Waals surface area contributed by atoms with Crippen molar-refractivity contribution >= 4 is 22.9 Å². The van der Waals surface area contributed by atoms with Crippen LogP contribution in [0.2, 0.25) is 0 Å². The molecule has 0 unspecified atom stereocenters. The van der Waals surface area contributed by atoms with Crippen molar-refractivity contribution in [2.24, 2.45) is 0 Å². The first-order chi connectivity index (χ1) is 13.3. The molecule has 3 heterocycles. The highest BCUT2D eigenvalue weighted by Gasteiger charge is 2.25. The van der Waals surface area contributed by atoms with E-state index in [9.17, 15) is 4.79 Å². The summed E-state index contributed by atoms with van der Waals surface area (Å²) in [6.45, 7) is 5.48. The molecule has 6 nitrogen and oxygen atoms in total. The quantitative estimate of drug-likeness (QED) is 0.671. The van der Waals surface area contributed by atoms with Gasteiger partial charge in [-0.3, -0.25) is 4.79 Å². The monoisotopic (exact) mass is 383 g/mol. The molecule has 0 N–H and O–H groups in total. The Morgan fingerprint density at radius 1 is 1.19 bits per heavy atom. The molecule has 3 aromatic rings. The molecule has 27 heavy (non-hydrogen) atoms. The van der Waals surface area contributed by atoms with Gasteiger partial charge in [-0.05, 0) is 31.2 Å². The van der Waals surface area contributed by atoms with Gasteiger partial charge in [0.15, 0.2) is 10.8 Å². The number of ether oxygens (including phenoxy) is 1. The third kappa shape index (κ3) is 3.68. The fourth-order valence-corrected chi connectivity index (χ4v) is 3.95. The second-order valence-electron chi connectivity index (χ2n) is 6.20. The Hall–Kier alpha value is -2.80. The van der Waals surface area contributed by atoms with Gasteiger partial charge in [-0.2, -0.15) is 0 Å². The number of hydrogen-bond donors (Lipinski definition) is 0. The number of carbonyl (C=O) groups is 1. The third-order valence-electron chi connectivity index (χ3n) is 4.53. The van der Waals surface area contributed by atoms with Crippen molar-refractivity contribution in [2.75, 3.05) is 37.7 Å². The topological polar surface area (TPSA) is 58.8 Å². The SMILES string of the molecule is CCOc1ccccc1N1CCN(C(=O)c2csc(-c3ccco3)n2)CC1. The maximum Gasteiger partial charge on any atom is 0.273 e. The highest BCUT2D eigenvalue weighted by molar-refractivity contribution is 7.13. The zero-order valence-electron chi connectivity index (χ0n) is 15.1. The minimum Gasteiger partial charge on any atom is -0.492 e. The molecule has 0 atom stereocenters. The van der Waals surface area contributed by atoms with Crippen LogP contribution in [-0.4, -0.2) is 48.6 Å². The number of carbonyl (C=O) groups excluding carboxylic acids is 1. The first-order valence-electron chi connectivity index (χ1n) is 9.01. The van der Waals surface area contributed by atoms with Crippen LogP contribution in [0, 0.1) is 0 Å². The summed E-state index contributed by atoms with van der Waals surface area (Å²) >= 11 is 1.43. The molecule has 0 spiro atoms. The lowest BCUT2D eigenvalue weighted by Gasteiger charge is -2.36. The molecule has 1 fully saturated rings. The molecule has 1 saturated heterocycles. The summed E-state index contributed by atoms with van der Waals surface area (Å²) < 4.78 is 11.1. The number of benzene rings is 1. The van der Waals surface area contributed by atoms with Crippen LogP contribution < -0.4 is 9.64 Å². The summed E-state index contributed by atoms with van der Waals surface area (Å²) in [5, 5.41) is 2.53. The van der Waals surface area contributed by atoms with E-state index in [-0.39, 0.29) is 5.91 Å². The number of thiazole rings is 1. The minimum absolute atomic E-state index is 0.0261. The lowest BCUT2D eigenvalue weighted by atomic mass is 10.2. The van der Waals surface area contributed by atoms with Crippen LogP contribution in [0.25, 0.3) is 10.8 Å². The number of nitrogens with zero attached hydrogens (tertiary/aromatic N) is 3. The molecule has 1 amide bonds. The number of hydrogen-bond acceptors (Lipinski definition) is 6. The first kappa shape index (κ1) is 17.6. The van der Waals surface area contributed by atoms with E-state index in [1.54, 1.807) is 11.6 Å². The van der Waals surface area contributed by atoms with Crippen molar-refractivity contribution in [1.29, 1.82) is 0 Å². The van der Waals surface area contributed by atoms with Crippen molar-refractivity contribution in [3.63, 3.8) is 0 Å². The van der Waals surface area contributed by atoms with Crippen LogP contribution in [0.3, 0.4) is 0 Å². The maximum absolute atomic E-state index is 12.8. The van der Waals surface area contributed by atoms with Crippen molar-refractivity contribution in [1.82, 2.24) is 9.88 Å². The molecule has 1 aromatic carbocycles. The highest BCUT2D eigenvalue weighted by Crippen LogP contribution is 2.29. The van der Waals surface area contributed by atoms with Gasteiger partial charge in [0.05, 0.1) is 18.6 Å². The average molecular weight is 383 g/mol. The summed E-state index contributed by atoms with van der Waals surface area (Å²) in [4.78, 5) is 21.4. The Bertz CT molecular complexity index is 899. The summed E-state index contributed by atoms with van der Waals surface area (Å²) in [6, 6.07) is 11.7. The fraction of sp³-hybridized carbons (Fsp3) is 0.300. The Kier molecular flexibility index (Phi) is 5.11. The normalized spacial score (nSPS) is 14.4. The van der Waals surface area contributed by atoms with Gasteiger partial charge in [0.25, 0.3) is 5.91 Å². The van der Waals surface area contributed by atoms with Gasteiger partial charge in [-0.15, -0.1) is 11.3 Å². The number of aromatic nitrogens is 1. The van der Waals surface area contributed by atoms with E-state index >= 15 is 0 Å². The molecule has 0 radical (unpaired) electrons. The van der Waals surface area contributed by atoms with Crippen LogP contribution in [0.4, 0.5) is 5.69 Å². The van der Waals surface area contributed by atoms with Crippen molar-refractivity contribution in [2.45, 2.75) is 6.92 Å². The van der Waals surface area contributed by atoms with E-state index in [2.05, 4.69) is 16.0 Å². The molecule has 140 valence electrons. The molecule has 4 rings (SSSR count). The number of anilines is 1. The minimum atomic E-state index is -0.0261. The van der Waals surface area contributed by atoms with E-state index in [0.717, 1.165) is 29.5 Å².